The summed E-state index contributed by atoms with van der Waals surface area (Å²) in [7, 11) is 0. The van der Waals surface area contributed by atoms with Crippen LogP contribution in [0.1, 0.15) is 28.8 Å². The molecule has 27 heavy (non-hydrogen) atoms. The molecule has 1 aromatic heterocycles. The maximum atomic E-state index is 12.0. The van der Waals surface area contributed by atoms with Gasteiger partial charge in [0.15, 0.2) is 6.61 Å². The Morgan fingerprint density at radius 3 is 2.70 bits per heavy atom. The summed E-state index contributed by atoms with van der Waals surface area (Å²) >= 11 is 0. The first-order chi connectivity index (χ1) is 12.9. The van der Waals surface area contributed by atoms with Gasteiger partial charge in [0, 0.05) is 29.6 Å². The van der Waals surface area contributed by atoms with Gasteiger partial charge in [0.05, 0.1) is 10.5 Å². The lowest BCUT2D eigenvalue weighted by Crippen LogP contribution is -2.21. The molecule has 0 saturated heterocycles. The third-order valence-electron chi connectivity index (χ3n) is 3.95. The van der Waals surface area contributed by atoms with Crippen LogP contribution in [0.5, 0.6) is 0 Å². The van der Waals surface area contributed by atoms with Crippen LogP contribution in [0.15, 0.2) is 36.5 Å². The number of amides is 1. The Hall–Kier alpha value is -3.49. The number of nitrogens with zero attached hydrogens (tertiary/aromatic N) is 2. The van der Waals surface area contributed by atoms with Crippen molar-refractivity contribution in [3.8, 4) is 0 Å². The third kappa shape index (κ3) is 5.00. The summed E-state index contributed by atoms with van der Waals surface area (Å²) in [6.07, 6.45) is 3.61. The summed E-state index contributed by atoms with van der Waals surface area (Å²) in [5.41, 5.74) is 0.868. The number of rotatable bonds is 7. The second-order valence-corrected chi connectivity index (χ2v) is 6.23. The molecule has 0 radical (unpaired) electrons. The Morgan fingerprint density at radius 2 is 2.07 bits per heavy atom. The molecule has 1 aromatic carbocycles. The molecular formula is C18H18N4O5. The van der Waals surface area contributed by atoms with E-state index in [4.69, 9.17) is 4.74 Å². The van der Waals surface area contributed by atoms with Crippen LogP contribution in [0.2, 0.25) is 0 Å². The Balaban J connectivity index is 1.51. The number of anilines is 2. The zero-order chi connectivity index (χ0) is 19.4. The van der Waals surface area contributed by atoms with E-state index >= 15 is 0 Å². The molecule has 2 aromatic rings. The number of benzene rings is 1. The Morgan fingerprint density at radius 1 is 1.30 bits per heavy atom. The average molecular weight is 370 g/mol. The quantitative estimate of drug-likeness (QED) is 0.436. The lowest BCUT2D eigenvalue weighted by Gasteiger charge is -2.08. The predicted octanol–water partition coefficient (Wildman–Crippen LogP) is 2.67. The van der Waals surface area contributed by atoms with Gasteiger partial charge in [-0.25, -0.2) is 9.78 Å². The molecule has 0 atom stereocenters. The van der Waals surface area contributed by atoms with Crippen molar-refractivity contribution < 1.29 is 19.2 Å². The van der Waals surface area contributed by atoms with Gasteiger partial charge in [0.25, 0.3) is 11.6 Å². The van der Waals surface area contributed by atoms with Gasteiger partial charge in [-0.15, -0.1) is 0 Å². The molecule has 1 aliphatic rings. The largest absolute Gasteiger partial charge is 0.452 e. The van der Waals surface area contributed by atoms with Crippen molar-refractivity contribution in [1.82, 2.24) is 4.98 Å². The SMILES string of the molecule is Cc1ccc(NC(=O)COC(=O)c2ccc(NC3CC3)nc2)cc1[N+](=O)[O-]. The Kier molecular flexibility index (Phi) is 5.30. The van der Waals surface area contributed by atoms with Crippen LogP contribution < -0.4 is 10.6 Å². The molecule has 3 rings (SSSR count). The Bertz CT molecular complexity index is 878. The highest BCUT2D eigenvalue weighted by molar-refractivity contribution is 5.95. The summed E-state index contributed by atoms with van der Waals surface area (Å²) in [4.78, 5) is 38.4. The van der Waals surface area contributed by atoms with Gasteiger partial charge < -0.3 is 15.4 Å². The van der Waals surface area contributed by atoms with Crippen molar-refractivity contribution in [2.24, 2.45) is 0 Å². The molecule has 1 fully saturated rings. The number of carbonyl (C=O) groups is 2. The van der Waals surface area contributed by atoms with Crippen LogP contribution in [0.4, 0.5) is 17.2 Å². The molecule has 0 aliphatic heterocycles. The van der Waals surface area contributed by atoms with Crippen molar-refractivity contribution in [3.63, 3.8) is 0 Å². The maximum Gasteiger partial charge on any atom is 0.340 e. The molecule has 1 aliphatic carbocycles. The van der Waals surface area contributed by atoms with E-state index in [2.05, 4.69) is 15.6 Å². The van der Waals surface area contributed by atoms with E-state index in [0.29, 0.717) is 17.4 Å². The fourth-order valence-corrected chi connectivity index (χ4v) is 2.33. The van der Waals surface area contributed by atoms with Crippen LogP contribution in [0, 0.1) is 17.0 Å². The molecule has 0 spiro atoms. The standard InChI is InChI=1S/C18H18N4O5/c1-11-2-4-14(8-15(11)22(25)26)21-17(23)10-27-18(24)12-3-7-16(19-9-12)20-13-5-6-13/h2-4,7-9,13H,5-6,10H2,1H3,(H,19,20)(H,21,23). The van der Waals surface area contributed by atoms with Gasteiger partial charge >= 0.3 is 5.97 Å². The molecule has 9 heteroatoms. The van der Waals surface area contributed by atoms with Gasteiger partial charge in [0.1, 0.15) is 5.82 Å². The number of aromatic nitrogens is 1. The summed E-state index contributed by atoms with van der Waals surface area (Å²) < 4.78 is 4.95. The number of hydrogen-bond donors (Lipinski definition) is 2. The smallest absolute Gasteiger partial charge is 0.340 e. The second-order valence-electron chi connectivity index (χ2n) is 6.23. The minimum absolute atomic E-state index is 0.101. The summed E-state index contributed by atoms with van der Waals surface area (Å²) in [5, 5.41) is 16.6. The van der Waals surface area contributed by atoms with Gasteiger partial charge in [-0.05, 0) is 38.0 Å². The van der Waals surface area contributed by atoms with Crippen LogP contribution in [0.25, 0.3) is 0 Å². The van der Waals surface area contributed by atoms with Crippen molar-refractivity contribution in [3.05, 3.63) is 57.8 Å². The molecule has 1 amide bonds. The lowest BCUT2D eigenvalue weighted by atomic mass is 10.2. The number of hydrogen-bond acceptors (Lipinski definition) is 7. The number of nitro benzene ring substituents is 1. The number of ether oxygens (including phenoxy) is 1. The number of pyridine rings is 1. The predicted molar refractivity (Wildman–Crippen MR) is 97.6 cm³/mol. The van der Waals surface area contributed by atoms with E-state index in [1.165, 1.54) is 24.4 Å². The van der Waals surface area contributed by atoms with E-state index in [9.17, 15) is 19.7 Å². The van der Waals surface area contributed by atoms with Crippen LogP contribution in [-0.2, 0) is 9.53 Å². The summed E-state index contributed by atoms with van der Waals surface area (Å²) in [5.74, 6) is -0.584. The fourth-order valence-electron chi connectivity index (χ4n) is 2.33. The van der Waals surface area contributed by atoms with Crippen LogP contribution in [0.3, 0.4) is 0 Å². The van der Waals surface area contributed by atoms with Crippen molar-refractivity contribution >= 4 is 29.1 Å². The lowest BCUT2D eigenvalue weighted by molar-refractivity contribution is -0.385. The first-order valence-corrected chi connectivity index (χ1v) is 8.37. The summed E-state index contributed by atoms with van der Waals surface area (Å²) in [6, 6.07) is 8.03. The van der Waals surface area contributed by atoms with E-state index < -0.39 is 23.4 Å². The van der Waals surface area contributed by atoms with Gasteiger partial charge in [-0.3, -0.25) is 14.9 Å². The van der Waals surface area contributed by atoms with Gasteiger partial charge in [0.2, 0.25) is 0 Å². The molecule has 0 bridgehead atoms. The second kappa shape index (κ2) is 7.81. The molecule has 9 nitrogen and oxygen atoms in total. The first-order valence-electron chi connectivity index (χ1n) is 8.37. The topological polar surface area (TPSA) is 123 Å². The molecule has 140 valence electrons. The van der Waals surface area contributed by atoms with Crippen molar-refractivity contribution in [2.45, 2.75) is 25.8 Å². The van der Waals surface area contributed by atoms with Crippen LogP contribution in [-0.4, -0.2) is 34.4 Å². The molecule has 1 saturated carbocycles. The van der Waals surface area contributed by atoms with E-state index in [0.717, 1.165) is 12.8 Å². The van der Waals surface area contributed by atoms with E-state index in [1.54, 1.807) is 19.1 Å². The van der Waals surface area contributed by atoms with Gasteiger partial charge in [-0.1, -0.05) is 6.07 Å². The monoisotopic (exact) mass is 370 g/mol. The minimum Gasteiger partial charge on any atom is -0.452 e. The highest BCUT2D eigenvalue weighted by Gasteiger charge is 2.21. The van der Waals surface area contributed by atoms with E-state index in [-0.39, 0.29) is 16.9 Å². The van der Waals surface area contributed by atoms with Gasteiger partial charge in [-0.2, -0.15) is 0 Å². The first kappa shape index (κ1) is 18.3. The molecule has 2 N–H and O–H groups in total. The zero-order valence-corrected chi connectivity index (χ0v) is 14.6. The minimum atomic E-state index is -0.675. The van der Waals surface area contributed by atoms with Crippen molar-refractivity contribution in [1.29, 1.82) is 0 Å². The number of esters is 1. The number of nitro groups is 1. The summed E-state index contributed by atoms with van der Waals surface area (Å²) in [6.45, 7) is 1.09. The third-order valence-corrected chi connectivity index (χ3v) is 3.95. The average Bonchev–Trinajstić information content (AvgIpc) is 3.45. The maximum absolute atomic E-state index is 12.0. The Labute approximate surface area is 154 Å². The molecule has 1 heterocycles. The number of aryl methyl sites for hydroxylation is 1. The fraction of sp³-hybridized carbons (Fsp3) is 0.278. The van der Waals surface area contributed by atoms with Crippen LogP contribution >= 0.6 is 0 Å². The van der Waals surface area contributed by atoms with Crippen molar-refractivity contribution in [2.75, 3.05) is 17.2 Å². The zero-order valence-electron chi connectivity index (χ0n) is 14.6. The highest BCUT2D eigenvalue weighted by Crippen LogP contribution is 2.24. The molecular weight excluding hydrogens is 352 g/mol. The number of carbonyl (C=O) groups excluding carboxylic acids is 2. The highest BCUT2D eigenvalue weighted by atomic mass is 16.6. The molecule has 0 unspecified atom stereocenters. The van der Waals surface area contributed by atoms with E-state index in [1.807, 2.05) is 0 Å². The normalized spacial score (nSPS) is 12.9. The number of nitrogens with one attached hydrogen (secondary N) is 2.